The summed E-state index contributed by atoms with van der Waals surface area (Å²) in [4.78, 5) is 32.6. The molecule has 1 N–H and O–H groups in total. The van der Waals surface area contributed by atoms with Gasteiger partial charge in [-0.25, -0.2) is 4.98 Å². The van der Waals surface area contributed by atoms with Crippen LogP contribution >= 0.6 is 0 Å². The molecule has 22 heavy (non-hydrogen) atoms. The third kappa shape index (κ3) is 2.38. The van der Waals surface area contributed by atoms with Crippen LogP contribution in [0.5, 0.6) is 0 Å². The highest BCUT2D eigenvalue weighted by molar-refractivity contribution is 5.80. The molecule has 0 amide bonds. The summed E-state index contributed by atoms with van der Waals surface area (Å²) in [6.45, 7) is 1.90. The fourth-order valence-corrected chi connectivity index (χ4v) is 3.25. The highest BCUT2D eigenvalue weighted by Crippen LogP contribution is 2.31. The standard InChI is InChI=1S/C16H20N4O2/c1-10-13-9-11(7-8-21)15(22)20(12-5-3-4-6-12)14(13)19-16(17-2)18-10/h8-9,12H,3-7H2,1-2H3,(H,17,18,19). The predicted molar refractivity (Wildman–Crippen MR) is 85.4 cm³/mol. The monoisotopic (exact) mass is 300 g/mol. The van der Waals surface area contributed by atoms with Crippen LogP contribution in [0.25, 0.3) is 11.0 Å². The van der Waals surface area contributed by atoms with Crippen molar-refractivity contribution in [2.75, 3.05) is 12.4 Å². The Labute approximate surface area is 128 Å². The number of aryl methyl sites for hydroxylation is 1. The van der Waals surface area contributed by atoms with Crippen molar-refractivity contribution in [2.24, 2.45) is 0 Å². The van der Waals surface area contributed by atoms with E-state index in [-0.39, 0.29) is 18.0 Å². The van der Waals surface area contributed by atoms with Crippen LogP contribution < -0.4 is 10.9 Å². The van der Waals surface area contributed by atoms with Gasteiger partial charge in [-0.3, -0.25) is 9.36 Å². The average molecular weight is 300 g/mol. The van der Waals surface area contributed by atoms with Crippen molar-refractivity contribution in [3.05, 3.63) is 27.7 Å². The number of carbonyl (C=O) groups excluding carboxylic acids is 1. The Kier molecular flexibility index (Phi) is 3.92. The van der Waals surface area contributed by atoms with Gasteiger partial charge in [0.25, 0.3) is 5.56 Å². The Balaban J connectivity index is 2.35. The molecule has 0 atom stereocenters. The second kappa shape index (κ2) is 5.87. The van der Waals surface area contributed by atoms with Gasteiger partial charge in [0.1, 0.15) is 11.9 Å². The second-order valence-corrected chi connectivity index (χ2v) is 5.77. The molecule has 0 radical (unpaired) electrons. The van der Waals surface area contributed by atoms with Gasteiger partial charge in [0, 0.05) is 30.5 Å². The number of carbonyl (C=O) groups is 1. The van der Waals surface area contributed by atoms with Gasteiger partial charge in [-0.1, -0.05) is 12.8 Å². The van der Waals surface area contributed by atoms with E-state index in [2.05, 4.69) is 15.3 Å². The molecule has 1 saturated carbocycles. The Hall–Kier alpha value is -2.24. The molecule has 1 aliphatic carbocycles. The Morgan fingerprint density at radius 2 is 2.09 bits per heavy atom. The summed E-state index contributed by atoms with van der Waals surface area (Å²) in [6.07, 6.45) is 5.13. The topological polar surface area (TPSA) is 76.9 Å². The summed E-state index contributed by atoms with van der Waals surface area (Å²) in [6, 6.07) is 1.94. The molecule has 1 aliphatic rings. The number of pyridine rings is 1. The number of anilines is 1. The van der Waals surface area contributed by atoms with Crippen LogP contribution in [-0.2, 0) is 11.2 Å². The third-order valence-electron chi connectivity index (χ3n) is 4.37. The van der Waals surface area contributed by atoms with Crippen molar-refractivity contribution in [3.63, 3.8) is 0 Å². The quantitative estimate of drug-likeness (QED) is 0.874. The molecule has 0 bridgehead atoms. The first-order chi connectivity index (χ1) is 10.7. The maximum atomic E-state index is 12.8. The Morgan fingerprint density at radius 1 is 1.36 bits per heavy atom. The minimum atomic E-state index is -0.0911. The van der Waals surface area contributed by atoms with Crippen molar-refractivity contribution >= 4 is 23.3 Å². The lowest BCUT2D eigenvalue weighted by molar-refractivity contribution is -0.107. The Bertz CT molecular complexity index is 776. The molecule has 3 rings (SSSR count). The van der Waals surface area contributed by atoms with Crippen LogP contribution in [0.1, 0.15) is 43.0 Å². The van der Waals surface area contributed by atoms with E-state index in [1.165, 1.54) is 0 Å². The number of aromatic nitrogens is 3. The molecule has 2 heterocycles. The first-order valence-electron chi connectivity index (χ1n) is 7.70. The lowest BCUT2D eigenvalue weighted by atomic mass is 10.1. The second-order valence-electron chi connectivity index (χ2n) is 5.77. The summed E-state index contributed by atoms with van der Waals surface area (Å²) in [7, 11) is 1.76. The molecular formula is C16H20N4O2. The zero-order valence-corrected chi connectivity index (χ0v) is 12.9. The maximum Gasteiger partial charge on any atom is 0.256 e. The van der Waals surface area contributed by atoms with Gasteiger partial charge in [0.05, 0.1) is 5.69 Å². The van der Waals surface area contributed by atoms with Crippen molar-refractivity contribution in [3.8, 4) is 0 Å². The molecule has 0 spiro atoms. The van der Waals surface area contributed by atoms with Crippen LogP contribution in [0.15, 0.2) is 10.9 Å². The van der Waals surface area contributed by atoms with Gasteiger partial charge < -0.3 is 10.1 Å². The lowest BCUT2D eigenvalue weighted by Gasteiger charge is -2.18. The normalized spacial score (nSPS) is 15.4. The Morgan fingerprint density at radius 3 is 2.73 bits per heavy atom. The van der Waals surface area contributed by atoms with Crippen LogP contribution in [0.2, 0.25) is 0 Å². The van der Waals surface area contributed by atoms with Crippen molar-refractivity contribution in [1.82, 2.24) is 14.5 Å². The fourth-order valence-electron chi connectivity index (χ4n) is 3.25. The molecule has 6 heteroatoms. The zero-order chi connectivity index (χ0) is 15.7. The maximum absolute atomic E-state index is 12.8. The van der Waals surface area contributed by atoms with Crippen molar-refractivity contribution < 1.29 is 4.79 Å². The summed E-state index contributed by atoms with van der Waals surface area (Å²) in [5.41, 5.74) is 1.92. The SMILES string of the molecule is CNc1nc(C)c2cc(CC=O)c(=O)n(C3CCCC3)c2n1. The van der Waals surface area contributed by atoms with Crippen LogP contribution in [0.3, 0.4) is 0 Å². The van der Waals surface area contributed by atoms with Gasteiger partial charge in [-0.2, -0.15) is 4.98 Å². The van der Waals surface area contributed by atoms with Crippen molar-refractivity contribution in [2.45, 2.75) is 45.1 Å². The first-order valence-corrected chi connectivity index (χ1v) is 7.70. The number of aldehydes is 1. The van der Waals surface area contributed by atoms with Crippen LogP contribution in [-0.4, -0.2) is 27.9 Å². The number of hydrogen-bond donors (Lipinski definition) is 1. The van der Waals surface area contributed by atoms with Gasteiger partial charge in [0.15, 0.2) is 0 Å². The number of hydrogen-bond acceptors (Lipinski definition) is 5. The van der Waals surface area contributed by atoms with E-state index in [0.29, 0.717) is 17.2 Å². The van der Waals surface area contributed by atoms with Crippen LogP contribution in [0.4, 0.5) is 5.95 Å². The number of nitrogens with one attached hydrogen (secondary N) is 1. The molecule has 0 aliphatic heterocycles. The minimum absolute atomic E-state index is 0.0911. The van der Waals surface area contributed by atoms with Gasteiger partial charge >= 0.3 is 0 Å². The van der Waals surface area contributed by atoms with Crippen LogP contribution in [0, 0.1) is 6.92 Å². The highest BCUT2D eigenvalue weighted by Gasteiger charge is 2.23. The number of rotatable bonds is 4. The number of fused-ring (bicyclic) bond motifs is 1. The first kappa shape index (κ1) is 14.7. The molecule has 0 saturated heterocycles. The molecular weight excluding hydrogens is 280 g/mol. The minimum Gasteiger partial charge on any atom is -0.357 e. The summed E-state index contributed by atoms with van der Waals surface area (Å²) in [5, 5.41) is 3.79. The summed E-state index contributed by atoms with van der Waals surface area (Å²) in [5.74, 6) is 0.513. The largest absolute Gasteiger partial charge is 0.357 e. The van der Waals surface area contributed by atoms with E-state index in [1.807, 2.05) is 6.92 Å². The smallest absolute Gasteiger partial charge is 0.256 e. The molecule has 2 aromatic heterocycles. The van der Waals surface area contributed by atoms with E-state index in [1.54, 1.807) is 17.7 Å². The van der Waals surface area contributed by atoms with E-state index < -0.39 is 0 Å². The van der Waals surface area contributed by atoms with Gasteiger partial charge in [-0.05, 0) is 25.8 Å². The average Bonchev–Trinajstić information content (AvgIpc) is 3.02. The fraction of sp³-hybridized carbons (Fsp3) is 0.500. The molecule has 2 aromatic rings. The van der Waals surface area contributed by atoms with E-state index >= 15 is 0 Å². The molecule has 1 fully saturated rings. The van der Waals surface area contributed by atoms with Crippen molar-refractivity contribution in [1.29, 1.82) is 0 Å². The summed E-state index contributed by atoms with van der Waals surface area (Å²) >= 11 is 0. The molecule has 0 unspecified atom stereocenters. The molecule has 6 nitrogen and oxygen atoms in total. The predicted octanol–water partition coefficient (Wildman–Crippen LogP) is 2.00. The van der Waals surface area contributed by atoms with E-state index in [4.69, 9.17) is 0 Å². The molecule has 0 aromatic carbocycles. The van der Waals surface area contributed by atoms with Gasteiger partial charge in [-0.15, -0.1) is 0 Å². The molecule has 116 valence electrons. The summed E-state index contributed by atoms with van der Waals surface area (Å²) < 4.78 is 1.79. The van der Waals surface area contributed by atoms with E-state index in [0.717, 1.165) is 43.0 Å². The lowest BCUT2D eigenvalue weighted by Crippen LogP contribution is -2.28. The highest BCUT2D eigenvalue weighted by atomic mass is 16.1. The van der Waals surface area contributed by atoms with E-state index in [9.17, 15) is 9.59 Å². The third-order valence-corrected chi connectivity index (χ3v) is 4.37. The zero-order valence-electron chi connectivity index (χ0n) is 12.9. The number of nitrogens with zero attached hydrogens (tertiary/aromatic N) is 3. The van der Waals surface area contributed by atoms with Gasteiger partial charge in [0.2, 0.25) is 5.95 Å².